The number of nitrogens with zero attached hydrogens (tertiary/aromatic N) is 4. The fourth-order valence-electron chi connectivity index (χ4n) is 3.97. The number of aromatic nitrogens is 2. The summed E-state index contributed by atoms with van der Waals surface area (Å²) in [6.45, 7) is 2.23. The zero-order valence-corrected chi connectivity index (χ0v) is 19.5. The summed E-state index contributed by atoms with van der Waals surface area (Å²) < 4.78 is 22.1. The molecule has 176 valence electrons. The van der Waals surface area contributed by atoms with Gasteiger partial charge in [0.15, 0.2) is 11.5 Å². The molecule has 0 N–H and O–H groups in total. The number of hydrazone groups is 1. The molecule has 0 bridgehead atoms. The molecular weight excluding hydrogens is 468 g/mol. The standard InChI is InChI=1S/C25H20N4O5S/c1-15-4-6-16(7-5-15)18-12-19(20-3-2-10-31-20)29(28-18)23(30)13-35-25-27-26-24(34-25)17-8-9-21-22(11-17)33-14-32-21/h2-11,19H,12-14H2,1H3/t19-/m0/s1. The van der Waals surface area contributed by atoms with Crippen LogP contribution in [0.2, 0.25) is 0 Å². The van der Waals surface area contributed by atoms with Gasteiger partial charge in [-0.1, -0.05) is 41.6 Å². The lowest BCUT2D eigenvalue weighted by Crippen LogP contribution is -2.28. The second-order valence-corrected chi connectivity index (χ2v) is 9.04. The van der Waals surface area contributed by atoms with Gasteiger partial charge in [-0.3, -0.25) is 4.79 Å². The topological polar surface area (TPSA) is 103 Å². The number of amides is 1. The third-order valence-corrected chi connectivity index (χ3v) is 6.57. The molecule has 2 aliphatic heterocycles. The highest BCUT2D eigenvalue weighted by molar-refractivity contribution is 7.99. The number of ether oxygens (including phenoxy) is 2. The van der Waals surface area contributed by atoms with Crippen LogP contribution in [0, 0.1) is 6.92 Å². The number of hydrogen-bond acceptors (Lipinski definition) is 9. The molecule has 4 heterocycles. The summed E-state index contributed by atoms with van der Waals surface area (Å²) >= 11 is 1.17. The Labute approximate surface area is 204 Å². The molecule has 35 heavy (non-hydrogen) atoms. The van der Waals surface area contributed by atoms with E-state index in [1.165, 1.54) is 22.3 Å². The zero-order valence-electron chi connectivity index (χ0n) is 18.7. The van der Waals surface area contributed by atoms with Crippen molar-refractivity contribution >= 4 is 23.4 Å². The Hall–Kier alpha value is -4.05. The third kappa shape index (κ3) is 4.28. The average molecular weight is 489 g/mol. The highest BCUT2D eigenvalue weighted by Crippen LogP contribution is 2.37. The first-order chi connectivity index (χ1) is 17.1. The molecule has 0 saturated carbocycles. The molecule has 0 saturated heterocycles. The lowest BCUT2D eigenvalue weighted by atomic mass is 10.0. The van der Waals surface area contributed by atoms with Gasteiger partial charge < -0.3 is 18.3 Å². The van der Waals surface area contributed by atoms with Crippen molar-refractivity contribution in [2.45, 2.75) is 24.6 Å². The maximum atomic E-state index is 13.2. The fourth-order valence-corrected chi connectivity index (χ4v) is 4.58. The van der Waals surface area contributed by atoms with Gasteiger partial charge >= 0.3 is 0 Å². The van der Waals surface area contributed by atoms with Gasteiger partial charge in [0, 0.05) is 12.0 Å². The summed E-state index contributed by atoms with van der Waals surface area (Å²) in [6, 6.07) is 16.9. The minimum absolute atomic E-state index is 0.0880. The molecule has 1 amide bonds. The Morgan fingerprint density at radius 3 is 2.71 bits per heavy atom. The van der Waals surface area contributed by atoms with Crippen LogP contribution < -0.4 is 9.47 Å². The van der Waals surface area contributed by atoms with Gasteiger partial charge in [-0.2, -0.15) is 5.10 Å². The van der Waals surface area contributed by atoms with Gasteiger partial charge in [0.1, 0.15) is 11.8 Å². The van der Waals surface area contributed by atoms with E-state index in [1.807, 2.05) is 49.4 Å². The first kappa shape index (κ1) is 21.5. The van der Waals surface area contributed by atoms with Crippen LogP contribution in [0.3, 0.4) is 0 Å². The van der Waals surface area contributed by atoms with E-state index in [-0.39, 0.29) is 24.5 Å². The van der Waals surface area contributed by atoms with E-state index in [2.05, 4.69) is 15.3 Å². The maximum absolute atomic E-state index is 13.2. The van der Waals surface area contributed by atoms with Crippen LogP contribution in [0.1, 0.15) is 29.3 Å². The van der Waals surface area contributed by atoms with E-state index in [4.69, 9.17) is 18.3 Å². The number of carbonyl (C=O) groups is 1. The van der Waals surface area contributed by atoms with Crippen molar-refractivity contribution in [2.24, 2.45) is 5.10 Å². The van der Waals surface area contributed by atoms with E-state index in [0.29, 0.717) is 40.4 Å². The molecular formula is C25H20N4O5S. The van der Waals surface area contributed by atoms with Gasteiger partial charge in [0.2, 0.25) is 12.7 Å². The van der Waals surface area contributed by atoms with Crippen molar-refractivity contribution in [3.8, 4) is 23.0 Å². The first-order valence-electron chi connectivity index (χ1n) is 11.0. The zero-order chi connectivity index (χ0) is 23.8. The van der Waals surface area contributed by atoms with E-state index in [0.717, 1.165) is 11.3 Å². The van der Waals surface area contributed by atoms with Crippen LogP contribution in [0.25, 0.3) is 11.5 Å². The van der Waals surface area contributed by atoms with Gasteiger partial charge in [-0.05, 0) is 42.8 Å². The summed E-state index contributed by atoms with van der Waals surface area (Å²) in [4.78, 5) is 13.2. The van der Waals surface area contributed by atoms with Gasteiger partial charge in [-0.15, -0.1) is 10.2 Å². The summed E-state index contributed by atoms with van der Waals surface area (Å²) in [7, 11) is 0. The summed E-state index contributed by atoms with van der Waals surface area (Å²) in [5, 5.41) is 14.6. The number of benzene rings is 2. The third-order valence-electron chi connectivity index (χ3n) is 5.77. The summed E-state index contributed by atoms with van der Waals surface area (Å²) in [5.41, 5.74) is 3.71. The largest absolute Gasteiger partial charge is 0.467 e. The molecule has 6 rings (SSSR count). The van der Waals surface area contributed by atoms with Crippen LogP contribution in [0.15, 0.2) is 80.0 Å². The Bertz CT molecular complexity index is 1400. The Morgan fingerprint density at radius 2 is 1.89 bits per heavy atom. The molecule has 0 aliphatic carbocycles. The van der Waals surface area contributed by atoms with Crippen LogP contribution in [-0.2, 0) is 4.79 Å². The molecule has 0 spiro atoms. The van der Waals surface area contributed by atoms with Gasteiger partial charge in [0.25, 0.3) is 11.1 Å². The van der Waals surface area contributed by atoms with E-state index >= 15 is 0 Å². The summed E-state index contributed by atoms with van der Waals surface area (Å²) in [6.07, 6.45) is 2.18. The van der Waals surface area contributed by atoms with Crippen molar-refractivity contribution in [2.75, 3.05) is 12.5 Å². The van der Waals surface area contributed by atoms with E-state index < -0.39 is 0 Å². The quantitative estimate of drug-likeness (QED) is 0.355. The van der Waals surface area contributed by atoms with Crippen molar-refractivity contribution in [1.29, 1.82) is 0 Å². The first-order valence-corrected chi connectivity index (χ1v) is 12.0. The SMILES string of the molecule is Cc1ccc(C2=NN(C(=O)CSc3nnc(-c4ccc5c(c4)OCO5)o3)[C@H](c3ccco3)C2)cc1. The lowest BCUT2D eigenvalue weighted by Gasteiger charge is -2.19. The highest BCUT2D eigenvalue weighted by Gasteiger charge is 2.35. The predicted octanol–water partition coefficient (Wildman–Crippen LogP) is 4.84. The number of rotatable bonds is 6. The van der Waals surface area contributed by atoms with Crippen LogP contribution >= 0.6 is 11.8 Å². The fraction of sp³-hybridized carbons (Fsp3) is 0.200. The lowest BCUT2D eigenvalue weighted by molar-refractivity contribution is -0.130. The van der Waals surface area contributed by atoms with Crippen molar-refractivity contribution in [3.05, 3.63) is 77.7 Å². The molecule has 2 aromatic heterocycles. The van der Waals surface area contributed by atoms with Crippen LogP contribution in [-0.4, -0.2) is 39.4 Å². The molecule has 2 aromatic carbocycles. The normalized spacial score (nSPS) is 16.5. The van der Waals surface area contributed by atoms with E-state index in [9.17, 15) is 4.79 Å². The summed E-state index contributed by atoms with van der Waals surface area (Å²) in [5.74, 6) is 2.25. The molecule has 0 fully saturated rings. The Kier molecular flexibility index (Phi) is 5.49. The molecule has 0 unspecified atom stereocenters. The number of furan rings is 1. The molecule has 1 atom stereocenters. The predicted molar refractivity (Wildman–Crippen MR) is 127 cm³/mol. The van der Waals surface area contributed by atoms with Crippen molar-refractivity contribution < 1.29 is 23.1 Å². The van der Waals surface area contributed by atoms with Crippen molar-refractivity contribution in [3.63, 3.8) is 0 Å². The van der Waals surface area contributed by atoms with Crippen LogP contribution in [0.5, 0.6) is 11.5 Å². The molecule has 0 radical (unpaired) electrons. The molecule has 4 aromatic rings. The molecule has 10 heteroatoms. The van der Waals surface area contributed by atoms with Gasteiger partial charge in [-0.25, -0.2) is 5.01 Å². The van der Waals surface area contributed by atoms with Gasteiger partial charge in [0.05, 0.1) is 17.7 Å². The number of aryl methyl sites for hydroxylation is 1. The average Bonchev–Trinajstić information content (AvgIpc) is 3.68. The highest BCUT2D eigenvalue weighted by atomic mass is 32.2. The monoisotopic (exact) mass is 488 g/mol. The number of carbonyl (C=O) groups excluding carboxylic acids is 1. The number of fused-ring (bicyclic) bond motifs is 1. The molecule has 2 aliphatic rings. The maximum Gasteiger partial charge on any atom is 0.277 e. The number of hydrogen-bond donors (Lipinski definition) is 0. The second-order valence-electron chi connectivity index (χ2n) is 8.12. The van der Waals surface area contributed by atoms with Crippen LogP contribution in [0.4, 0.5) is 0 Å². The smallest absolute Gasteiger partial charge is 0.277 e. The Balaban J connectivity index is 1.17. The minimum atomic E-state index is -0.304. The van der Waals surface area contributed by atoms with E-state index in [1.54, 1.807) is 18.4 Å². The second kappa shape index (κ2) is 8.95. The Morgan fingerprint density at radius 1 is 1.06 bits per heavy atom. The molecule has 9 nitrogen and oxygen atoms in total. The number of thioether (sulfide) groups is 1. The van der Waals surface area contributed by atoms with Crippen molar-refractivity contribution in [1.82, 2.24) is 15.2 Å². The minimum Gasteiger partial charge on any atom is -0.467 e.